The van der Waals surface area contributed by atoms with Crippen molar-refractivity contribution in [3.63, 3.8) is 0 Å². The molecule has 0 aromatic heterocycles. The Hall–Kier alpha value is -2.32. The van der Waals surface area contributed by atoms with Crippen molar-refractivity contribution in [2.24, 2.45) is 0 Å². The number of nitriles is 1. The average Bonchev–Trinajstić information content (AvgIpc) is 3.05. The van der Waals surface area contributed by atoms with Gasteiger partial charge in [-0.3, -0.25) is 4.79 Å². The van der Waals surface area contributed by atoms with Gasteiger partial charge in [0, 0.05) is 13.2 Å². The van der Waals surface area contributed by atoms with E-state index in [1.54, 1.807) is 6.08 Å². The summed E-state index contributed by atoms with van der Waals surface area (Å²) in [5, 5.41) is 11.9. The Morgan fingerprint density at radius 2 is 2.27 bits per heavy atom. The maximum absolute atomic E-state index is 12.0. The Balaban J connectivity index is 1.96. The van der Waals surface area contributed by atoms with E-state index >= 15 is 0 Å². The predicted molar refractivity (Wildman–Crippen MR) is 83.2 cm³/mol. The second-order valence-electron chi connectivity index (χ2n) is 5.02. The molecule has 0 spiro atoms. The summed E-state index contributed by atoms with van der Waals surface area (Å²) in [6.45, 7) is 3.71. The molecule has 0 radical (unpaired) electrons. The minimum Gasteiger partial charge on any atom is -0.494 e. The van der Waals surface area contributed by atoms with Gasteiger partial charge in [-0.25, -0.2) is 0 Å². The molecule has 1 fully saturated rings. The molecule has 1 aliphatic rings. The molecule has 1 saturated heterocycles. The lowest BCUT2D eigenvalue weighted by Gasteiger charge is -2.10. The van der Waals surface area contributed by atoms with Crippen molar-refractivity contribution in [2.75, 3.05) is 19.8 Å². The van der Waals surface area contributed by atoms with E-state index in [1.165, 1.54) is 0 Å². The lowest BCUT2D eigenvalue weighted by Crippen LogP contribution is -2.32. The number of benzene rings is 1. The number of rotatable bonds is 6. The molecule has 1 unspecified atom stereocenters. The Morgan fingerprint density at radius 3 is 2.86 bits per heavy atom. The van der Waals surface area contributed by atoms with E-state index in [0.29, 0.717) is 13.2 Å². The van der Waals surface area contributed by atoms with E-state index in [1.807, 2.05) is 37.3 Å². The molecule has 0 bridgehead atoms. The third-order valence-electron chi connectivity index (χ3n) is 3.38. The fraction of sp³-hybridized carbons (Fsp3) is 0.412. The molecule has 1 aromatic rings. The highest BCUT2D eigenvalue weighted by molar-refractivity contribution is 6.01. The van der Waals surface area contributed by atoms with Gasteiger partial charge in [0.05, 0.1) is 12.7 Å². The lowest BCUT2D eigenvalue weighted by atomic mass is 10.1. The van der Waals surface area contributed by atoms with Crippen molar-refractivity contribution in [1.82, 2.24) is 5.32 Å². The van der Waals surface area contributed by atoms with Gasteiger partial charge in [0.1, 0.15) is 17.4 Å². The van der Waals surface area contributed by atoms with Crippen LogP contribution in [0.5, 0.6) is 5.75 Å². The SMILES string of the molecule is CCOc1ccc(C=C(C#N)C(=O)NCC2CCCO2)cc1. The second-order valence-corrected chi connectivity index (χ2v) is 5.02. The molecule has 2 rings (SSSR count). The topological polar surface area (TPSA) is 71.3 Å². The van der Waals surface area contributed by atoms with Gasteiger partial charge in [-0.05, 0) is 43.5 Å². The Kier molecular flexibility index (Phi) is 5.99. The highest BCUT2D eigenvalue weighted by Gasteiger charge is 2.17. The van der Waals surface area contributed by atoms with Gasteiger partial charge >= 0.3 is 0 Å². The number of nitrogens with zero attached hydrogens (tertiary/aromatic N) is 1. The maximum Gasteiger partial charge on any atom is 0.262 e. The number of ether oxygens (including phenoxy) is 2. The standard InChI is InChI=1S/C17H20N2O3/c1-2-21-15-7-5-13(6-8-15)10-14(11-18)17(20)19-12-16-4-3-9-22-16/h5-8,10,16H,2-4,9,12H2,1H3,(H,19,20). The summed E-state index contributed by atoms with van der Waals surface area (Å²) in [6.07, 6.45) is 3.60. The van der Waals surface area contributed by atoms with E-state index in [0.717, 1.165) is 30.8 Å². The zero-order chi connectivity index (χ0) is 15.8. The van der Waals surface area contributed by atoms with Crippen LogP contribution in [0.2, 0.25) is 0 Å². The fourth-order valence-electron chi connectivity index (χ4n) is 2.25. The molecule has 0 aliphatic carbocycles. The summed E-state index contributed by atoms with van der Waals surface area (Å²) in [4.78, 5) is 12.0. The van der Waals surface area contributed by atoms with Crippen LogP contribution in [0.15, 0.2) is 29.8 Å². The van der Waals surface area contributed by atoms with E-state index in [2.05, 4.69) is 5.32 Å². The molecule has 1 aliphatic heterocycles. The summed E-state index contributed by atoms with van der Waals surface area (Å²) < 4.78 is 10.8. The van der Waals surface area contributed by atoms with Crippen molar-refractivity contribution in [1.29, 1.82) is 5.26 Å². The van der Waals surface area contributed by atoms with E-state index in [4.69, 9.17) is 14.7 Å². The highest BCUT2D eigenvalue weighted by Crippen LogP contribution is 2.15. The maximum atomic E-state index is 12.0. The minimum absolute atomic E-state index is 0.0642. The summed E-state index contributed by atoms with van der Waals surface area (Å²) in [5.41, 5.74) is 0.870. The smallest absolute Gasteiger partial charge is 0.262 e. The fourth-order valence-corrected chi connectivity index (χ4v) is 2.25. The van der Waals surface area contributed by atoms with Crippen molar-refractivity contribution in [3.05, 3.63) is 35.4 Å². The number of hydrogen-bond acceptors (Lipinski definition) is 4. The molecular formula is C17H20N2O3. The van der Waals surface area contributed by atoms with Gasteiger partial charge in [0.2, 0.25) is 0 Å². The first-order valence-corrected chi connectivity index (χ1v) is 7.47. The van der Waals surface area contributed by atoms with E-state index in [9.17, 15) is 4.79 Å². The molecule has 22 heavy (non-hydrogen) atoms. The molecule has 5 nitrogen and oxygen atoms in total. The quantitative estimate of drug-likeness (QED) is 0.646. The first kappa shape index (κ1) is 16.1. The van der Waals surface area contributed by atoms with Crippen LogP contribution in [0, 0.1) is 11.3 Å². The zero-order valence-electron chi connectivity index (χ0n) is 12.7. The first-order chi connectivity index (χ1) is 10.7. The normalized spacial score (nSPS) is 17.8. The molecule has 1 N–H and O–H groups in total. The number of carbonyl (C=O) groups excluding carboxylic acids is 1. The predicted octanol–water partition coefficient (Wildman–Crippen LogP) is 2.29. The van der Waals surface area contributed by atoms with Crippen LogP contribution in [0.4, 0.5) is 0 Å². The van der Waals surface area contributed by atoms with Gasteiger partial charge < -0.3 is 14.8 Å². The van der Waals surface area contributed by atoms with Gasteiger partial charge in [0.25, 0.3) is 5.91 Å². The van der Waals surface area contributed by atoms with Crippen LogP contribution < -0.4 is 10.1 Å². The van der Waals surface area contributed by atoms with Crippen LogP contribution in [0.3, 0.4) is 0 Å². The molecule has 0 saturated carbocycles. The summed E-state index contributed by atoms with van der Waals surface area (Å²) in [7, 11) is 0. The van der Waals surface area contributed by atoms with Crippen molar-refractivity contribution >= 4 is 12.0 Å². The summed E-state index contributed by atoms with van der Waals surface area (Å²) in [6, 6.07) is 9.20. The Bertz CT molecular complexity index is 567. The Labute approximate surface area is 130 Å². The average molecular weight is 300 g/mol. The van der Waals surface area contributed by atoms with Gasteiger partial charge in [-0.2, -0.15) is 5.26 Å². The van der Waals surface area contributed by atoms with Gasteiger partial charge in [-0.1, -0.05) is 12.1 Å². The van der Waals surface area contributed by atoms with Crippen LogP contribution in [0.1, 0.15) is 25.3 Å². The second kappa shape index (κ2) is 8.20. The van der Waals surface area contributed by atoms with Crippen molar-refractivity contribution in [3.8, 4) is 11.8 Å². The van der Waals surface area contributed by atoms with Crippen molar-refractivity contribution in [2.45, 2.75) is 25.9 Å². The van der Waals surface area contributed by atoms with Gasteiger partial charge in [0.15, 0.2) is 0 Å². The number of hydrogen-bond donors (Lipinski definition) is 1. The third-order valence-corrected chi connectivity index (χ3v) is 3.38. The monoisotopic (exact) mass is 300 g/mol. The van der Waals surface area contributed by atoms with Crippen molar-refractivity contribution < 1.29 is 14.3 Å². The lowest BCUT2D eigenvalue weighted by molar-refractivity contribution is -0.117. The largest absolute Gasteiger partial charge is 0.494 e. The zero-order valence-corrected chi connectivity index (χ0v) is 12.7. The molecular weight excluding hydrogens is 280 g/mol. The molecule has 1 atom stereocenters. The van der Waals surface area contributed by atoms with Crippen LogP contribution >= 0.6 is 0 Å². The first-order valence-electron chi connectivity index (χ1n) is 7.47. The number of nitrogens with one attached hydrogen (secondary N) is 1. The number of amides is 1. The van der Waals surface area contributed by atoms with E-state index < -0.39 is 0 Å². The highest BCUT2D eigenvalue weighted by atomic mass is 16.5. The third kappa shape index (κ3) is 4.61. The van der Waals surface area contributed by atoms with E-state index in [-0.39, 0.29) is 17.6 Å². The molecule has 5 heteroatoms. The number of carbonyl (C=O) groups is 1. The molecule has 1 heterocycles. The molecule has 1 aromatic carbocycles. The molecule has 1 amide bonds. The van der Waals surface area contributed by atoms with Crippen LogP contribution in [0.25, 0.3) is 6.08 Å². The Morgan fingerprint density at radius 1 is 1.50 bits per heavy atom. The molecule has 116 valence electrons. The summed E-state index contributed by atoms with van der Waals surface area (Å²) >= 11 is 0. The van der Waals surface area contributed by atoms with Crippen LogP contribution in [-0.4, -0.2) is 31.8 Å². The minimum atomic E-state index is -0.369. The van der Waals surface area contributed by atoms with Gasteiger partial charge in [-0.15, -0.1) is 0 Å². The summed E-state index contributed by atoms with van der Waals surface area (Å²) in [5.74, 6) is 0.396. The van der Waals surface area contributed by atoms with Crippen LogP contribution in [-0.2, 0) is 9.53 Å².